The molecule has 0 aliphatic carbocycles. The molecule has 0 saturated heterocycles. The van der Waals surface area contributed by atoms with Crippen LogP contribution in [-0.2, 0) is 6.54 Å². The molecule has 3 nitrogen and oxygen atoms in total. The first kappa shape index (κ1) is 17.0. The standard InChI is InChI=1S/C25H23N3/c1-2-5-19(6-3-1)20-8-10-21(11-9-20)22-12-15-28(16-13-22)18-23-17-27-25-24(23)7-4-14-26-25/h1-12,14,17H,13,15-16,18H2,(H,26,27). The van der Waals surface area contributed by atoms with Crippen LogP contribution in [0.3, 0.4) is 0 Å². The average molecular weight is 365 g/mol. The Hall–Kier alpha value is -3.17. The van der Waals surface area contributed by atoms with Gasteiger partial charge in [0.05, 0.1) is 0 Å². The number of aromatic amines is 1. The number of hydrogen-bond acceptors (Lipinski definition) is 2. The summed E-state index contributed by atoms with van der Waals surface area (Å²) in [6.45, 7) is 3.03. The van der Waals surface area contributed by atoms with E-state index in [2.05, 4.69) is 87.8 Å². The van der Waals surface area contributed by atoms with Crippen molar-refractivity contribution in [3.05, 3.63) is 96.3 Å². The summed E-state index contributed by atoms with van der Waals surface area (Å²) >= 11 is 0. The van der Waals surface area contributed by atoms with E-state index in [9.17, 15) is 0 Å². The zero-order chi connectivity index (χ0) is 18.8. The number of nitrogens with one attached hydrogen (secondary N) is 1. The minimum Gasteiger partial charge on any atom is -0.346 e. The van der Waals surface area contributed by atoms with Gasteiger partial charge >= 0.3 is 0 Å². The van der Waals surface area contributed by atoms with Crippen LogP contribution >= 0.6 is 0 Å². The van der Waals surface area contributed by atoms with Crippen LogP contribution in [0.15, 0.2) is 85.2 Å². The average Bonchev–Trinajstić information content (AvgIpc) is 3.18. The SMILES string of the molecule is C1=C(c2ccc(-c3ccccc3)cc2)CCN(Cc2c[nH]c3ncccc23)C1. The van der Waals surface area contributed by atoms with Gasteiger partial charge in [0.1, 0.15) is 5.65 Å². The third-order valence-electron chi connectivity index (χ3n) is 5.59. The molecule has 2 aromatic carbocycles. The van der Waals surface area contributed by atoms with Crippen molar-refractivity contribution in [2.24, 2.45) is 0 Å². The first-order valence-corrected chi connectivity index (χ1v) is 9.85. The molecule has 3 heterocycles. The highest BCUT2D eigenvalue weighted by molar-refractivity contribution is 5.79. The summed E-state index contributed by atoms with van der Waals surface area (Å²) in [5.41, 5.74) is 7.64. The Bertz CT molecular complexity index is 1110. The van der Waals surface area contributed by atoms with E-state index < -0.39 is 0 Å². The van der Waals surface area contributed by atoms with Gasteiger partial charge in [0.15, 0.2) is 0 Å². The minimum absolute atomic E-state index is 0.961. The van der Waals surface area contributed by atoms with Gasteiger partial charge in [-0.15, -0.1) is 0 Å². The van der Waals surface area contributed by atoms with Crippen LogP contribution in [0.5, 0.6) is 0 Å². The van der Waals surface area contributed by atoms with Crippen LogP contribution in [0.1, 0.15) is 17.5 Å². The maximum absolute atomic E-state index is 4.39. The maximum Gasteiger partial charge on any atom is 0.137 e. The third-order valence-corrected chi connectivity index (χ3v) is 5.59. The molecule has 1 aliphatic rings. The Kier molecular flexibility index (Phi) is 4.51. The summed E-state index contributed by atoms with van der Waals surface area (Å²) in [6, 6.07) is 23.7. The molecule has 0 fully saturated rings. The molecular weight excluding hydrogens is 342 g/mol. The molecule has 0 unspecified atom stereocenters. The number of aromatic nitrogens is 2. The van der Waals surface area contributed by atoms with Crippen molar-refractivity contribution in [2.45, 2.75) is 13.0 Å². The van der Waals surface area contributed by atoms with Crippen LogP contribution in [-0.4, -0.2) is 28.0 Å². The van der Waals surface area contributed by atoms with Crippen molar-refractivity contribution in [3.63, 3.8) is 0 Å². The Morgan fingerprint density at radius 1 is 0.857 bits per heavy atom. The normalized spacial score (nSPS) is 14.9. The lowest BCUT2D eigenvalue weighted by Crippen LogP contribution is -2.27. The van der Waals surface area contributed by atoms with Crippen LogP contribution in [0.25, 0.3) is 27.7 Å². The van der Waals surface area contributed by atoms with Gasteiger partial charge in [-0.3, -0.25) is 4.90 Å². The van der Waals surface area contributed by atoms with Gasteiger partial charge in [-0.05, 0) is 46.4 Å². The predicted molar refractivity (Wildman–Crippen MR) is 116 cm³/mol. The Labute approximate surface area is 165 Å². The summed E-state index contributed by atoms with van der Waals surface area (Å²) < 4.78 is 0. The summed E-state index contributed by atoms with van der Waals surface area (Å²) in [7, 11) is 0. The van der Waals surface area contributed by atoms with Crippen LogP contribution < -0.4 is 0 Å². The van der Waals surface area contributed by atoms with E-state index in [0.29, 0.717) is 0 Å². The molecule has 5 rings (SSSR count). The smallest absolute Gasteiger partial charge is 0.137 e. The second-order valence-electron chi connectivity index (χ2n) is 7.37. The van der Waals surface area contributed by atoms with E-state index in [0.717, 1.165) is 31.7 Å². The van der Waals surface area contributed by atoms with E-state index in [4.69, 9.17) is 0 Å². The largest absolute Gasteiger partial charge is 0.346 e. The highest BCUT2D eigenvalue weighted by Crippen LogP contribution is 2.27. The predicted octanol–water partition coefficient (Wildman–Crippen LogP) is 5.52. The summed E-state index contributed by atoms with van der Waals surface area (Å²) in [6.07, 6.45) is 7.40. The van der Waals surface area contributed by atoms with Crippen LogP contribution in [0.4, 0.5) is 0 Å². The molecular formula is C25H23N3. The van der Waals surface area contributed by atoms with Crippen molar-refractivity contribution >= 4 is 16.6 Å². The molecule has 0 amide bonds. The van der Waals surface area contributed by atoms with Crippen molar-refractivity contribution in [1.29, 1.82) is 0 Å². The van der Waals surface area contributed by atoms with E-state index >= 15 is 0 Å². The number of hydrogen-bond donors (Lipinski definition) is 1. The van der Waals surface area contributed by atoms with Crippen LogP contribution in [0, 0.1) is 0 Å². The lowest BCUT2D eigenvalue weighted by atomic mass is 9.96. The number of fused-ring (bicyclic) bond motifs is 1. The van der Waals surface area contributed by atoms with E-state index in [1.807, 2.05) is 12.3 Å². The monoisotopic (exact) mass is 365 g/mol. The molecule has 3 heteroatoms. The molecule has 0 saturated carbocycles. The lowest BCUT2D eigenvalue weighted by molar-refractivity contribution is 0.295. The first-order chi connectivity index (χ1) is 13.9. The molecule has 1 aliphatic heterocycles. The Morgan fingerprint density at radius 3 is 2.43 bits per heavy atom. The second-order valence-corrected chi connectivity index (χ2v) is 7.37. The molecule has 0 atom stereocenters. The molecule has 0 spiro atoms. The zero-order valence-corrected chi connectivity index (χ0v) is 15.8. The lowest BCUT2D eigenvalue weighted by Gasteiger charge is -2.26. The number of pyridine rings is 1. The van der Waals surface area contributed by atoms with Gasteiger partial charge in [-0.25, -0.2) is 4.98 Å². The molecule has 4 aromatic rings. The highest BCUT2D eigenvalue weighted by atomic mass is 15.1. The van der Waals surface area contributed by atoms with Crippen molar-refractivity contribution in [1.82, 2.24) is 14.9 Å². The molecule has 28 heavy (non-hydrogen) atoms. The van der Waals surface area contributed by atoms with Gasteiger partial charge in [0.25, 0.3) is 0 Å². The van der Waals surface area contributed by atoms with Gasteiger partial charge in [0, 0.05) is 37.4 Å². The molecule has 2 aromatic heterocycles. The number of rotatable bonds is 4. The molecule has 1 N–H and O–H groups in total. The summed E-state index contributed by atoms with van der Waals surface area (Å²) in [5.74, 6) is 0. The van der Waals surface area contributed by atoms with Crippen molar-refractivity contribution < 1.29 is 0 Å². The van der Waals surface area contributed by atoms with Gasteiger partial charge in [0.2, 0.25) is 0 Å². The Balaban J connectivity index is 1.28. The Morgan fingerprint density at radius 2 is 1.64 bits per heavy atom. The number of H-pyrrole nitrogens is 1. The van der Waals surface area contributed by atoms with Gasteiger partial charge < -0.3 is 4.98 Å². The fourth-order valence-electron chi connectivity index (χ4n) is 4.01. The molecule has 0 radical (unpaired) electrons. The number of benzene rings is 2. The van der Waals surface area contributed by atoms with Crippen LogP contribution in [0.2, 0.25) is 0 Å². The van der Waals surface area contributed by atoms with E-state index in [1.54, 1.807) is 0 Å². The van der Waals surface area contributed by atoms with Gasteiger partial charge in [-0.1, -0.05) is 60.7 Å². The van der Waals surface area contributed by atoms with E-state index in [1.165, 1.54) is 33.2 Å². The highest BCUT2D eigenvalue weighted by Gasteiger charge is 2.15. The maximum atomic E-state index is 4.39. The second kappa shape index (κ2) is 7.45. The van der Waals surface area contributed by atoms with Crippen molar-refractivity contribution in [2.75, 3.05) is 13.1 Å². The fraction of sp³-hybridized carbons (Fsp3) is 0.160. The van der Waals surface area contributed by atoms with E-state index in [-0.39, 0.29) is 0 Å². The summed E-state index contributed by atoms with van der Waals surface area (Å²) in [4.78, 5) is 10.2. The number of nitrogens with zero attached hydrogens (tertiary/aromatic N) is 2. The molecule has 0 bridgehead atoms. The van der Waals surface area contributed by atoms with Crippen molar-refractivity contribution in [3.8, 4) is 11.1 Å². The fourth-order valence-corrected chi connectivity index (χ4v) is 4.01. The minimum atomic E-state index is 0.961. The topological polar surface area (TPSA) is 31.9 Å². The first-order valence-electron chi connectivity index (χ1n) is 9.85. The quantitative estimate of drug-likeness (QED) is 0.516. The molecule has 138 valence electrons. The van der Waals surface area contributed by atoms with Gasteiger partial charge in [-0.2, -0.15) is 0 Å². The summed E-state index contributed by atoms with van der Waals surface area (Å²) in [5, 5.41) is 1.23. The zero-order valence-electron chi connectivity index (χ0n) is 15.8. The third kappa shape index (κ3) is 3.37.